The Hall–Kier alpha value is -1.40. The second-order valence-electron chi connectivity index (χ2n) is 3.31. The molecule has 0 spiro atoms. The lowest BCUT2D eigenvalue weighted by Crippen LogP contribution is -2.11. The van der Waals surface area contributed by atoms with Crippen molar-refractivity contribution in [3.05, 3.63) is 29.3 Å². The molecule has 0 aliphatic carbocycles. The molecule has 2 rings (SSSR count). The predicted molar refractivity (Wildman–Crippen MR) is 60.6 cm³/mol. The van der Waals surface area contributed by atoms with Crippen molar-refractivity contribution in [2.75, 3.05) is 7.05 Å². The molecule has 2 aromatic rings. The molecule has 2 heterocycles. The van der Waals surface area contributed by atoms with Gasteiger partial charge in [0.2, 0.25) is 0 Å². The van der Waals surface area contributed by atoms with Crippen molar-refractivity contribution in [1.82, 2.24) is 20.5 Å². The summed E-state index contributed by atoms with van der Waals surface area (Å²) in [4.78, 5) is 3.70. The van der Waals surface area contributed by atoms with Crippen LogP contribution in [0.5, 0.6) is 0 Å². The predicted octanol–water partition coefficient (Wildman–Crippen LogP) is 2.02. The van der Waals surface area contributed by atoms with Crippen LogP contribution < -0.4 is 5.32 Å². The van der Waals surface area contributed by atoms with Crippen LogP contribution in [0.4, 0.5) is 4.39 Å². The second-order valence-corrected chi connectivity index (χ2v) is 4.32. The van der Waals surface area contributed by atoms with Crippen molar-refractivity contribution in [2.24, 2.45) is 0 Å². The van der Waals surface area contributed by atoms with Crippen LogP contribution in [0.2, 0.25) is 0 Å². The summed E-state index contributed by atoms with van der Waals surface area (Å²) in [5, 5.41) is 12.5. The van der Waals surface area contributed by atoms with E-state index in [0.717, 1.165) is 5.01 Å². The molecule has 4 nitrogen and oxygen atoms in total. The Bertz CT molecular complexity index is 485. The fourth-order valence-corrected chi connectivity index (χ4v) is 2.12. The number of aromatic nitrogens is 3. The Morgan fingerprint density at radius 2 is 2.25 bits per heavy atom. The summed E-state index contributed by atoms with van der Waals surface area (Å²) in [6.45, 7) is 1.98. The van der Waals surface area contributed by atoms with Crippen LogP contribution in [0.3, 0.4) is 0 Å². The molecule has 0 bridgehead atoms. The van der Waals surface area contributed by atoms with Gasteiger partial charge in [0.05, 0.1) is 17.8 Å². The summed E-state index contributed by atoms with van der Waals surface area (Å²) in [6, 6.07) is 1.72. The molecule has 1 atom stereocenters. The molecule has 1 N–H and O–H groups in total. The summed E-state index contributed by atoms with van der Waals surface area (Å²) in [6.07, 6.45) is 2.72. The number of nitrogens with one attached hydrogen (secondary N) is 1. The smallest absolute Gasteiger partial charge is 0.151 e. The highest BCUT2D eigenvalue weighted by Gasteiger charge is 2.13. The lowest BCUT2D eigenvalue weighted by atomic mass is 10.3. The van der Waals surface area contributed by atoms with Crippen molar-refractivity contribution in [2.45, 2.75) is 13.0 Å². The first-order valence-electron chi connectivity index (χ1n) is 4.83. The van der Waals surface area contributed by atoms with Gasteiger partial charge in [0.25, 0.3) is 0 Å². The molecule has 16 heavy (non-hydrogen) atoms. The summed E-state index contributed by atoms with van der Waals surface area (Å²) in [5.41, 5.74) is 0.446. The molecule has 1 unspecified atom stereocenters. The summed E-state index contributed by atoms with van der Waals surface area (Å²) >= 11 is 1.38. The molecule has 0 amide bonds. The fraction of sp³-hybridized carbons (Fsp3) is 0.300. The minimum atomic E-state index is -0.373. The van der Waals surface area contributed by atoms with Gasteiger partial charge in [-0.2, -0.15) is 0 Å². The maximum Gasteiger partial charge on any atom is 0.151 e. The number of hydrogen-bond acceptors (Lipinski definition) is 5. The van der Waals surface area contributed by atoms with Crippen molar-refractivity contribution in [3.8, 4) is 10.6 Å². The highest BCUT2D eigenvalue weighted by atomic mass is 32.1. The highest BCUT2D eigenvalue weighted by molar-refractivity contribution is 7.14. The zero-order chi connectivity index (χ0) is 11.5. The van der Waals surface area contributed by atoms with Crippen LogP contribution in [-0.2, 0) is 0 Å². The molecular formula is C10H11FN4S. The van der Waals surface area contributed by atoms with Crippen molar-refractivity contribution >= 4 is 11.3 Å². The van der Waals surface area contributed by atoms with Gasteiger partial charge < -0.3 is 5.32 Å². The summed E-state index contributed by atoms with van der Waals surface area (Å²) < 4.78 is 13.4. The minimum absolute atomic E-state index is 0.121. The molecule has 0 aliphatic heterocycles. The molecular weight excluding hydrogens is 227 g/mol. The van der Waals surface area contributed by atoms with E-state index in [2.05, 4.69) is 20.5 Å². The van der Waals surface area contributed by atoms with Gasteiger partial charge in [0, 0.05) is 6.20 Å². The SMILES string of the molecule is CNC(C)c1nnc(-c2ccncc2F)s1. The van der Waals surface area contributed by atoms with E-state index in [0.29, 0.717) is 10.6 Å². The van der Waals surface area contributed by atoms with Gasteiger partial charge in [-0.3, -0.25) is 4.98 Å². The van der Waals surface area contributed by atoms with E-state index in [1.165, 1.54) is 17.5 Å². The van der Waals surface area contributed by atoms with Gasteiger partial charge in [0.15, 0.2) is 10.8 Å². The van der Waals surface area contributed by atoms with E-state index in [9.17, 15) is 4.39 Å². The fourth-order valence-electron chi connectivity index (χ4n) is 1.19. The van der Waals surface area contributed by atoms with Gasteiger partial charge >= 0.3 is 0 Å². The Labute approximate surface area is 96.6 Å². The van der Waals surface area contributed by atoms with Gasteiger partial charge in [-0.05, 0) is 20.0 Å². The summed E-state index contributed by atoms with van der Waals surface area (Å²) in [5.74, 6) is -0.373. The third kappa shape index (κ3) is 2.07. The number of halogens is 1. The number of rotatable bonds is 3. The molecule has 0 saturated carbocycles. The maximum atomic E-state index is 13.4. The lowest BCUT2D eigenvalue weighted by molar-refractivity contribution is 0.624. The molecule has 0 radical (unpaired) electrons. The molecule has 2 aromatic heterocycles. The number of nitrogens with zero attached hydrogens (tertiary/aromatic N) is 3. The van der Waals surface area contributed by atoms with Crippen LogP contribution in [0.1, 0.15) is 18.0 Å². The van der Waals surface area contributed by atoms with E-state index in [-0.39, 0.29) is 11.9 Å². The standard InChI is InChI=1S/C10H11FN4S/c1-6(12-2)9-14-15-10(16-9)7-3-4-13-5-8(7)11/h3-6,12H,1-2H3. The van der Waals surface area contributed by atoms with Crippen LogP contribution in [0.15, 0.2) is 18.5 Å². The first-order valence-corrected chi connectivity index (χ1v) is 5.64. The van der Waals surface area contributed by atoms with Crippen LogP contribution in [0.25, 0.3) is 10.6 Å². The lowest BCUT2D eigenvalue weighted by Gasteiger charge is -2.02. The zero-order valence-electron chi connectivity index (χ0n) is 8.94. The van der Waals surface area contributed by atoms with Crippen molar-refractivity contribution in [1.29, 1.82) is 0 Å². The molecule has 6 heteroatoms. The molecule has 84 valence electrons. The van der Waals surface area contributed by atoms with Crippen molar-refractivity contribution < 1.29 is 4.39 Å². The molecule has 0 saturated heterocycles. The van der Waals surface area contributed by atoms with Gasteiger partial charge in [-0.1, -0.05) is 11.3 Å². The monoisotopic (exact) mass is 238 g/mol. The van der Waals surface area contributed by atoms with Crippen molar-refractivity contribution in [3.63, 3.8) is 0 Å². The molecule has 0 fully saturated rings. The first kappa shape index (κ1) is 11.1. The van der Waals surface area contributed by atoms with E-state index in [1.807, 2.05) is 14.0 Å². The molecule has 0 aliphatic rings. The Morgan fingerprint density at radius 1 is 1.44 bits per heavy atom. The molecule has 0 aromatic carbocycles. The zero-order valence-corrected chi connectivity index (χ0v) is 9.75. The normalized spacial score (nSPS) is 12.7. The van der Waals surface area contributed by atoms with Crippen LogP contribution in [-0.4, -0.2) is 22.2 Å². The average Bonchev–Trinajstić information content (AvgIpc) is 2.78. The Kier molecular flexibility index (Phi) is 3.21. The average molecular weight is 238 g/mol. The van der Waals surface area contributed by atoms with Gasteiger partial charge in [0.1, 0.15) is 5.01 Å². The topological polar surface area (TPSA) is 50.7 Å². The van der Waals surface area contributed by atoms with Gasteiger partial charge in [-0.15, -0.1) is 10.2 Å². The number of pyridine rings is 1. The van der Waals surface area contributed by atoms with E-state index < -0.39 is 0 Å². The quantitative estimate of drug-likeness (QED) is 0.888. The Balaban J connectivity index is 2.35. The number of hydrogen-bond donors (Lipinski definition) is 1. The first-order chi connectivity index (χ1) is 7.72. The third-order valence-corrected chi connectivity index (χ3v) is 3.39. The van der Waals surface area contributed by atoms with E-state index in [1.54, 1.807) is 12.3 Å². The van der Waals surface area contributed by atoms with Crippen LogP contribution in [0, 0.1) is 5.82 Å². The Morgan fingerprint density at radius 3 is 2.94 bits per heavy atom. The largest absolute Gasteiger partial charge is 0.311 e. The van der Waals surface area contributed by atoms with E-state index >= 15 is 0 Å². The van der Waals surface area contributed by atoms with Gasteiger partial charge in [-0.25, -0.2) is 4.39 Å². The van der Waals surface area contributed by atoms with Crippen LogP contribution >= 0.6 is 11.3 Å². The maximum absolute atomic E-state index is 13.4. The van der Waals surface area contributed by atoms with E-state index in [4.69, 9.17) is 0 Å². The third-order valence-electron chi connectivity index (χ3n) is 2.25. The second kappa shape index (κ2) is 4.63. The minimum Gasteiger partial charge on any atom is -0.311 e. The summed E-state index contributed by atoms with van der Waals surface area (Å²) in [7, 11) is 1.85. The highest BCUT2D eigenvalue weighted by Crippen LogP contribution is 2.27.